The van der Waals surface area contributed by atoms with Crippen molar-refractivity contribution in [3.63, 3.8) is 0 Å². The Kier molecular flexibility index (Phi) is 9.65. The molecule has 2 amide bonds. The van der Waals surface area contributed by atoms with Gasteiger partial charge in [-0.3, -0.25) is 9.59 Å². The third kappa shape index (κ3) is 8.87. The van der Waals surface area contributed by atoms with Crippen molar-refractivity contribution in [2.45, 2.75) is 73.8 Å². The smallest absolute Gasteiger partial charge is 0.245 e. The molecule has 0 saturated carbocycles. The van der Waals surface area contributed by atoms with Gasteiger partial charge in [0.2, 0.25) is 11.8 Å². The van der Waals surface area contributed by atoms with E-state index in [0.29, 0.717) is 18.0 Å². The summed E-state index contributed by atoms with van der Waals surface area (Å²) in [7, 11) is 0. The summed E-state index contributed by atoms with van der Waals surface area (Å²) in [5, 5.41) is 6.50. The molecule has 1 heterocycles. The molecule has 0 unspecified atom stereocenters. The number of carbonyl (C=O) groups excluding carboxylic acids is 2. The molecule has 7 heteroatoms. The Morgan fingerprint density at radius 3 is 2.43 bits per heavy atom. The van der Waals surface area contributed by atoms with Gasteiger partial charge in [0.25, 0.3) is 0 Å². The second kappa shape index (κ2) is 11.2. The Morgan fingerprint density at radius 2 is 1.93 bits per heavy atom. The third-order valence-corrected chi connectivity index (χ3v) is 4.90. The first-order valence-corrected chi connectivity index (χ1v) is 10.4. The van der Waals surface area contributed by atoms with Crippen molar-refractivity contribution in [2.24, 2.45) is 5.41 Å². The number of anilines is 1. The summed E-state index contributed by atoms with van der Waals surface area (Å²) in [6, 6.07) is 1.67. The zero-order chi connectivity index (χ0) is 21.3. The molecular formula is C21H39N4O3+. The maximum atomic E-state index is 12.9. The SMILES string of the molecule is CC[NH+](CC)CCC[C@H](C)N(CC(=O)Nc1cc(C)on1)C(=O)CC(C)(C)C. The molecule has 0 aliphatic rings. The van der Waals surface area contributed by atoms with E-state index in [1.54, 1.807) is 22.8 Å². The lowest BCUT2D eigenvalue weighted by Crippen LogP contribution is -3.11. The summed E-state index contributed by atoms with van der Waals surface area (Å²) in [6.07, 6.45) is 2.33. The molecule has 0 bridgehead atoms. The van der Waals surface area contributed by atoms with Crippen LogP contribution in [-0.2, 0) is 9.59 Å². The highest BCUT2D eigenvalue weighted by Gasteiger charge is 2.27. The predicted molar refractivity (Wildman–Crippen MR) is 111 cm³/mol. The van der Waals surface area contributed by atoms with E-state index in [1.165, 1.54) is 0 Å². The van der Waals surface area contributed by atoms with Crippen LogP contribution in [0, 0.1) is 12.3 Å². The van der Waals surface area contributed by atoms with E-state index in [1.807, 2.05) is 27.7 Å². The van der Waals surface area contributed by atoms with Gasteiger partial charge in [0.15, 0.2) is 5.82 Å². The van der Waals surface area contributed by atoms with E-state index in [4.69, 9.17) is 4.52 Å². The number of aryl methyl sites for hydroxylation is 1. The Labute approximate surface area is 169 Å². The number of nitrogens with one attached hydrogen (secondary N) is 2. The van der Waals surface area contributed by atoms with Crippen molar-refractivity contribution in [3.8, 4) is 0 Å². The van der Waals surface area contributed by atoms with Crippen LogP contribution in [0.15, 0.2) is 10.6 Å². The van der Waals surface area contributed by atoms with Crippen molar-refractivity contribution in [1.29, 1.82) is 0 Å². The average molecular weight is 396 g/mol. The van der Waals surface area contributed by atoms with E-state index < -0.39 is 0 Å². The van der Waals surface area contributed by atoms with Gasteiger partial charge in [-0.15, -0.1) is 0 Å². The lowest BCUT2D eigenvalue weighted by molar-refractivity contribution is -0.896. The minimum Gasteiger partial charge on any atom is -0.360 e. The van der Waals surface area contributed by atoms with E-state index in [9.17, 15) is 9.59 Å². The van der Waals surface area contributed by atoms with Gasteiger partial charge >= 0.3 is 0 Å². The zero-order valence-electron chi connectivity index (χ0n) is 18.7. The van der Waals surface area contributed by atoms with Crippen LogP contribution in [0.5, 0.6) is 0 Å². The van der Waals surface area contributed by atoms with Crippen molar-refractivity contribution < 1.29 is 19.0 Å². The lowest BCUT2D eigenvalue weighted by Gasteiger charge is -2.31. The number of quaternary nitrogens is 1. The number of hydrogen-bond acceptors (Lipinski definition) is 4. The lowest BCUT2D eigenvalue weighted by atomic mass is 9.91. The number of nitrogens with zero attached hydrogens (tertiary/aromatic N) is 2. The van der Waals surface area contributed by atoms with E-state index in [0.717, 1.165) is 32.5 Å². The first kappa shape index (κ1) is 24.1. The largest absolute Gasteiger partial charge is 0.360 e. The molecule has 0 saturated heterocycles. The first-order valence-electron chi connectivity index (χ1n) is 10.4. The Hall–Kier alpha value is -1.89. The van der Waals surface area contributed by atoms with Crippen LogP contribution in [0.3, 0.4) is 0 Å². The van der Waals surface area contributed by atoms with E-state index in [2.05, 4.69) is 24.3 Å². The van der Waals surface area contributed by atoms with Gasteiger partial charge < -0.3 is 19.6 Å². The molecule has 0 fully saturated rings. The Morgan fingerprint density at radius 1 is 1.29 bits per heavy atom. The third-order valence-electron chi connectivity index (χ3n) is 4.90. The molecule has 0 radical (unpaired) electrons. The molecular weight excluding hydrogens is 356 g/mol. The van der Waals surface area contributed by atoms with E-state index >= 15 is 0 Å². The molecule has 0 spiro atoms. The highest BCUT2D eigenvalue weighted by Crippen LogP contribution is 2.21. The van der Waals surface area contributed by atoms with Crippen molar-refractivity contribution in [2.75, 3.05) is 31.5 Å². The van der Waals surface area contributed by atoms with Crippen LogP contribution >= 0.6 is 0 Å². The van der Waals surface area contributed by atoms with Gasteiger partial charge in [0, 0.05) is 18.5 Å². The number of amides is 2. The van der Waals surface area contributed by atoms with Crippen LogP contribution in [0.4, 0.5) is 5.82 Å². The molecule has 1 aromatic rings. The summed E-state index contributed by atoms with van der Waals surface area (Å²) in [4.78, 5) is 28.7. The standard InChI is InChI=1S/C21H38N4O3/c1-8-24(9-2)12-10-11-16(3)25(20(27)14-21(5,6)7)15-19(26)22-18-13-17(4)28-23-18/h13,16H,8-12,14-15H2,1-7H3,(H,22,23,26)/p+1/t16-/m0/s1. The summed E-state index contributed by atoms with van der Waals surface area (Å²) in [5.41, 5.74) is -0.125. The molecule has 0 aliphatic carbocycles. The molecule has 1 aromatic heterocycles. The van der Waals surface area contributed by atoms with Crippen LogP contribution in [0.25, 0.3) is 0 Å². The van der Waals surface area contributed by atoms with Crippen LogP contribution in [0.1, 0.15) is 66.6 Å². The number of carbonyl (C=O) groups is 2. The second-order valence-electron chi connectivity index (χ2n) is 8.83. The van der Waals surface area contributed by atoms with Crippen LogP contribution in [0.2, 0.25) is 0 Å². The topological polar surface area (TPSA) is 79.9 Å². The number of rotatable bonds is 11. The molecule has 28 heavy (non-hydrogen) atoms. The van der Waals surface area contributed by atoms with Crippen molar-refractivity contribution in [1.82, 2.24) is 10.1 Å². The van der Waals surface area contributed by atoms with Gasteiger partial charge in [-0.25, -0.2) is 0 Å². The van der Waals surface area contributed by atoms with Gasteiger partial charge in [-0.05, 0) is 46.0 Å². The maximum Gasteiger partial charge on any atom is 0.245 e. The maximum absolute atomic E-state index is 12.9. The minimum atomic E-state index is -0.253. The van der Waals surface area contributed by atoms with Gasteiger partial charge in [0.1, 0.15) is 12.3 Å². The van der Waals surface area contributed by atoms with Crippen molar-refractivity contribution >= 4 is 17.6 Å². The average Bonchev–Trinajstić information content (AvgIpc) is 2.99. The van der Waals surface area contributed by atoms with E-state index in [-0.39, 0.29) is 29.8 Å². The fraction of sp³-hybridized carbons (Fsp3) is 0.762. The van der Waals surface area contributed by atoms with Crippen molar-refractivity contribution in [3.05, 3.63) is 11.8 Å². The van der Waals surface area contributed by atoms with Gasteiger partial charge in [-0.1, -0.05) is 25.9 Å². The Balaban J connectivity index is 2.74. The fourth-order valence-corrected chi connectivity index (χ4v) is 3.21. The number of hydrogen-bond donors (Lipinski definition) is 2. The van der Waals surface area contributed by atoms with Gasteiger partial charge in [0.05, 0.1) is 19.6 Å². The zero-order valence-corrected chi connectivity index (χ0v) is 18.7. The predicted octanol–water partition coefficient (Wildman–Crippen LogP) is 2.28. The second-order valence-corrected chi connectivity index (χ2v) is 8.83. The molecule has 0 aliphatic heterocycles. The minimum absolute atomic E-state index is 0.00890. The normalized spacial score (nSPS) is 12.9. The molecule has 2 N–H and O–H groups in total. The summed E-state index contributed by atoms with van der Waals surface area (Å²) < 4.78 is 4.98. The summed E-state index contributed by atoms with van der Waals surface area (Å²) >= 11 is 0. The highest BCUT2D eigenvalue weighted by atomic mass is 16.5. The summed E-state index contributed by atoms with van der Waals surface area (Å²) in [6.45, 7) is 17.6. The molecule has 1 atom stereocenters. The monoisotopic (exact) mass is 395 g/mol. The Bertz CT molecular complexity index is 617. The fourth-order valence-electron chi connectivity index (χ4n) is 3.21. The quantitative estimate of drug-likeness (QED) is 0.602. The highest BCUT2D eigenvalue weighted by molar-refractivity contribution is 5.94. The summed E-state index contributed by atoms with van der Waals surface area (Å²) in [5.74, 6) is 0.769. The molecule has 160 valence electrons. The molecule has 0 aromatic carbocycles. The number of aromatic nitrogens is 1. The van der Waals surface area contributed by atoms with Gasteiger partial charge in [-0.2, -0.15) is 0 Å². The van der Waals surface area contributed by atoms with Crippen LogP contribution in [-0.4, -0.2) is 54.1 Å². The first-order chi connectivity index (χ1) is 13.1. The molecule has 7 nitrogen and oxygen atoms in total. The van der Waals surface area contributed by atoms with Crippen LogP contribution < -0.4 is 10.2 Å². The molecule has 1 rings (SSSR count).